The molecule has 0 spiro atoms. The highest BCUT2D eigenvalue weighted by atomic mass is 19.1. The SMILES string of the molecule is CCOC(=O)Cc1ccc(OCc2ccc(F)cc2)c(F)c1. The predicted octanol–water partition coefficient (Wildman–Crippen LogP) is 3.65. The summed E-state index contributed by atoms with van der Waals surface area (Å²) in [6, 6.07) is 10.1. The van der Waals surface area contributed by atoms with Crippen LogP contribution in [0.4, 0.5) is 8.78 Å². The number of benzene rings is 2. The second-order valence-corrected chi connectivity index (χ2v) is 4.66. The van der Waals surface area contributed by atoms with Gasteiger partial charge in [-0.15, -0.1) is 0 Å². The van der Waals surface area contributed by atoms with E-state index in [0.717, 1.165) is 5.56 Å². The van der Waals surface area contributed by atoms with Crippen LogP contribution in [0.1, 0.15) is 18.1 Å². The van der Waals surface area contributed by atoms with Crippen molar-refractivity contribution in [3.8, 4) is 5.75 Å². The molecule has 0 fully saturated rings. The molecule has 0 N–H and O–H groups in total. The van der Waals surface area contributed by atoms with E-state index in [2.05, 4.69) is 0 Å². The van der Waals surface area contributed by atoms with Gasteiger partial charge >= 0.3 is 5.97 Å². The van der Waals surface area contributed by atoms with Crippen LogP contribution in [0.15, 0.2) is 42.5 Å². The van der Waals surface area contributed by atoms with Crippen molar-refractivity contribution in [3.63, 3.8) is 0 Å². The second kappa shape index (κ2) is 7.54. The van der Waals surface area contributed by atoms with E-state index in [1.165, 1.54) is 24.3 Å². The van der Waals surface area contributed by atoms with Crippen LogP contribution in [0.5, 0.6) is 5.75 Å². The third-order valence-corrected chi connectivity index (χ3v) is 2.96. The van der Waals surface area contributed by atoms with Gasteiger partial charge in [-0.25, -0.2) is 8.78 Å². The number of carbonyl (C=O) groups excluding carboxylic acids is 1. The van der Waals surface area contributed by atoms with Crippen LogP contribution in [0.3, 0.4) is 0 Å². The van der Waals surface area contributed by atoms with E-state index in [4.69, 9.17) is 9.47 Å². The lowest BCUT2D eigenvalue weighted by atomic mass is 10.1. The molecule has 5 heteroatoms. The molecule has 0 atom stereocenters. The van der Waals surface area contributed by atoms with Gasteiger partial charge in [0.05, 0.1) is 13.0 Å². The normalized spacial score (nSPS) is 10.3. The maximum absolute atomic E-state index is 13.9. The van der Waals surface area contributed by atoms with Crippen LogP contribution >= 0.6 is 0 Å². The topological polar surface area (TPSA) is 35.5 Å². The standard InChI is InChI=1S/C17H16F2O3/c1-2-21-17(20)10-13-5-8-16(15(19)9-13)22-11-12-3-6-14(18)7-4-12/h3-9H,2,10-11H2,1H3. The van der Waals surface area contributed by atoms with Crippen molar-refractivity contribution in [1.82, 2.24) is 0 Å². The van der Waals surface area contributed by atoms with Crippen LogP contribution in [-0.4, -0.2) is 12.6 Å². The van der Waals surface area contributed by atoms with Crippen LogP contribution in [0, 0.1) is 11.6 Å². The zero-order valence-electron chi connectivity index (χ0n) is 12.1. The summed E-state index contributed by atoms with van der Waals surface area (Å²) in [7, 11) is 0. The van der Waals surface area contributed by atoms with E-state index >= 15 is 0 Å². The quantitative estimate of drug-likeness (QED) is 0.764. The molecule has 116 valence electrons. The van der Waals surface area contributed by atoms with Crippen molar-refractivity contribution in [2.45, 2.75) is 20.0 Å². The van der Waals surface area contributed by atoms with Gasteiger partial charge in [-0.3, -0.25) is 4.79 Å². The van der Waals surface area contributed by atoms with Gasteiger partial charge in [0, 0.05) is 0 Å². The maximum Gasteiger partial charge on any atom is 0.310 e. The molecule has 3 nitrogen and oxygen atoms in total. The average molecular weight is 306 g/mol. The molecule has 0 heterocycles. The van der Waals surface area contributed by atoms with Gasteiger partial charge in [0.1, 0.15) is 12.4 Å². The Morgan fingerprint density at radius 2 is 1.73 bits per heavy atom. The number of carbonyl (C=O) groups is 1. The number of esters is 1. The molecule has 22 heavy (non-hydrogen) atoms. The van der Waals surface area contributed by atoms with Crippen molar-refractivity contribution < 1.29 is 23.0 Å². The Labute approximate surface area is 127 Å². The second-order valence-electron chi connectivity index (χ2n) is 4.66. The smallest absolute Gasteiger partial charge is 0.310 e. The Morgan fingerprint density at radius 1 is 1.05 bits per heavy atom. The molecule has 0 bridgehead atoms. The van der Waals surface area contributed by atoms with Crippen LogP contribution in [0.2, 0.25) is 0 Å². The molecular weight excluding hydrogens is 290 g/mol. The fourth-order valence-corrected chi connectivity index (χ4v) is 1.89. The molecule has 0 saturated carbocycles. The molecule has 0 aliphatic rings. The Kier molecular flexibility index (Phi) is 5.47. The third kappa shape index (κ3) is 4.55. The first-order chi connectivity index (χ1) is 10.6. The van der Waals surface area contributed by atoms with Crippen molar-refractivity contribution in [2.75, 3.05) is 6.61 Å². The summed E-state index contributed by atoms with van der Waals surface area (Å²) in [5.41, 5.74) is 1.25. The van der Waals surface area contributed by atoms with Gasteiger partial charge in [0.25, 0.3) is 0 Å². The highest BCUT2D eigenvalue weighted by molar-refractivity contribution is 5.72. The van der Waals surface area contributed by atoms with Crippen LogP contribution in [-0.2, 0) is 22.6 Å². The van der Waals surface area contributed by atoms with Crippen molar-refractivity contribution in [3.05, 3.63) is 65.2 Å². The van der Waals surface area contributed by atoms with Crippen molar-refractivity contribution in [2.24, 2.45) is 0 Å². The van der Waals surface area contributed by atoms with Crippen LogP contribution < -0.4 is 4.74 Å². The number of ether oxygens (including phenoxy) is 2. The molecule has 0 aliphatic heterocycles. The van der Waals surface area contributed by atoms with Gasteiger partial charge in [-0.05, 0) is 42.3 Å². The molecule has 2 aromatic rings. The average Bonchev–Trinajstić information content (AvgIpc) is 2.48. The predicted molar refractivity (Wildman–Crippen MR) is 77.5 cm³/mol. The van der Waals surface area contributed by atoms with Gasteiger partial charge in [0.15, 0.2) is 11.6 Å². The Hall–Kier alpha value is -2.43. The highest BCUT2D eigenvalue weighted by Gasteiger charge is 2.09. The van der Waals surface area contributed by atoms with E-state index in [0.29, 0.717) is 12.2 Å². The summed E-state index contributed by atoms with van der Waals surface area (Å²) in [4.78, 5) is 11.3. The summed E-state index contributed by atoms with van der Waals surface area (Å²) in [5, 5.41) is 0. The Bertz CT molecular complexity index is 639. The van der Waals surface area contributed by atoms with Gasteiger partial charge in [-0.1, -0.05) is 18.2 Å². The number of hydrogen-bond acceptors (Lipinski definition) is 3. The maximum atomic E-state index is 13.9. The molecule has 0 saturated heterocycles. The fraction of sp³-hybridized carbons (Fsp3) is 0.235. The largest absolute Gasteiger partial charge is 0.486 e. The first-order valence-electron chi connectivity index (χ1n) is 6.89. The van der Waals surface area contributed by atoms with Crippen molar-refractivity contribution in [1.29, 1.82) is 0 Å². The van der Waals surface area contributed by atoms with Gasteiger partial charge in [-0.2, -0.15) is 0 Å². The molecule has 0 aliphatic carbocycles. The lowest BCUT2D eigenvalue weighted by Crippen LogP contribution is -2.08. The summed E-state index contributed by atoms with van der Waals surface area (Å²) >= 11 is 0. The molecule has 0 amide bonds. The monoisotopic (exact) mass is 306 g/mol. The zero-order chi connectivity index (χ0) is 15.9. The molecule has 0 unspecified atom stereocenters. The first kappa shape index (κ1) is 15.9. The first-order valence-corrected chi connectivity index (χ1v) is 6.89. The number of halogens is 2. The lowest BCUT2D eigenvalue weighted by molar-refractivity contribution is -0.142. The zero-order valence-corrected chi connectivity index (χ0v) is 12.1. The van der Waals surface area contributed by atoms with E-state index in [9.17, 15) is 13.6 Å². The lowest BCUT2D eigenvalue weighted by Gasteiger charge is -2.09. The minimum absolute atomic E-state index is 0.0169. The Balaban J connectivity index is 1.97. The molecular formula is C17H16F2O3. The van der Waals surface area contributed by atoms with E-state index in [1.54, 1.807) is 25.1 Å². The molecule has 2 rings (SSSR count). The van der Waals surface area contributed by atoms with E-state index in [-0.39, 0.29) is 24.6 Å². The minimum Gasteiger partial charge on any atom is -0.486 e. The molecule has 2 aromatic carbocycles. The Morgan fingerprint density at radius 3 is 2.36 bits per heavy atom. The van der Waals surface area contributed by atoms with Crippen LogP contribution in [0.25, 0.3) is 0 Å². The number of rotatable bonds is 6. The third-order valence-electron chi connectivity index (χ3n) is 2.96. The fourth-order valence-electron chi connectivity index (χ4n) is 1.89. The summed E-state index contributed by atoms with van der Waals surface area (Å²) in [5.74, 6) is -1.21. The highest BCUT2D eigenvalue weighted by Crippen LogP contribution is 2.20. The summed E-state index contributed by atoms with van der Waals surface area (Å²) in [6.07, 6.45) is 0.0169. The molecule has 0 aromatic heterocycles. The van der Waals surface area contributed by atoms with Crippen molar-refractivity contribution >= 4 is 5.97 Å². The van der Waals surface area contributed by atoms with E-state index < -0.39 is 11.8 Å². The minimum atomic E-state index is -0.552. The summed E-state index contributed by atoms with van der Waals surface area (Å²) < 4.78 is 36.9. The number of hydrogen-bond donors (Lipinski definition) is 0. The molecule has 0 radical (unpaired) electrons. The van der Waals surface area contributed by atoms with E-state index in [1.807, 2.05) is 0 Å². The summed E-state index contributed by atoms with van der Waals surface area (Å²) in [6.45, 7) is 2.14. The van der Waals surface area contributed by atoms with Gasteiger partial charge < -0.3 is 9.47 Å². The van der Waals surface area contributed by atoms with Gasteiger partial charge in [0.2, 0.25) is 0 Å².